The van der Waals surface area contributed by atoms with Crippen molar-refractivity contribution >= 4 is 14.0 Å². The van der Waals surface area contributed by atoms with Gasteiger partial charge in [-0.1, -0.05) is 19.8 Å². The Bertz CT molecular complexity index is 684. The molecule has 1 aromatic carbocycles. The molecule has 3 rings (SSSR count). The fourth-order valence-corrected chi connectivity index (χ4v) is 4.82. The summed E-state index contributed by atoms with van der Waals surface area (Å²) in [6.07, 6.45) is 6.00. The second-order valence-corrected chi connectivity index (χ2v) is 11.0. The molecule has 0 saturated heterocycles. The van der Waals surface area contributed by atoms with E-state index < -0.39 is 8.32 Å². The third kappa shape index (κ3) is 3.43. The molecule has 2 heterocycles. The molecule has 1 aromatic heterocycles. The molecule has 0 saturated carbocycles. The molecular formula is C17H25N3O2Si. The lowest BCUT2D eigenvalue weighted by Gasteiger charge is -2.30. The summed E-state index contributed by atoms with van der Waals surface area (Å²) in [7, 11) is -1.65. The van der Waals surface area contributed by atoms with Gasteiger partial charge in [-0.15, -0.1) is 0 Å². The third-order valence-corrected chi connectivity index (χ3v) is 6.73. The molecule has 1 aliphatic rings. The summed E-state index contributed by atoms with van der Waals surface area (Å²) in [4.78, 5) is 4.46. The normalized spacial score (nSPS) is 16.6. The van der Waals surface area contributed by atoms with Crippen LogP contribution in [0.5, 0.6) is 5.75 Å². The SMILES string of the molecule is CCCC[Si](C)(C)OCC1Oc2cc(N)ccc2-n2ccnc21. The maximum Gasteiger partial charge on any atom is 0.186 e. The molecule has 6 heteroatoms. The summed E-state index contributed by atoms with van der Waals surface area (Å²) in [5, 5.41) is 0. The first-order valence-corrected chi connectivity index (χ1v) is 11.4. The lowest BCUT2D eigenvalue weighted by atomic mass is 10.2. The molecule has 1 aliphatic heterocycles. The van der Waals surface area contributed by atoms with Gasteiger partial charge in [-0.3, -0.25) is 4.57 Å². The average molecular weight is 331 g/mol. The van der Waals surface area contributed by atoms with E-state index in [2.05, 4.69) is 29.6 Å². The number of rotatable bonds is 6. The van der Waals surface area contributed by atoms with E-state index >= 15 is 0 Å². The highest BCUT2D eigenvalue weighted by molar-refractivity contribution is 6.71. The van der Waals surface area contributed by atoms with Crippen molar-refractivity contribution in [2.45, 2.75) is 45.0 Å². The molecule has 0 bridgehead atoms. The summed E-state index contributed by atoms with van der Waals surface area (Å²) in [5.74, 6) is 1.68. The van der Waals surface area contributed by atoms with Crippen molar-refractivity contribution in [3.8, 4) is 11.4 Å². The lowest BCUT2D eigenvalue weighted by molar-refractivity contribution is 0.109. The van der Waals surface area contributed by atoms with Gasteiger partial charge in [-0.2, -0.15) is 0 Å². The Kier molecular flexibility index (Phi) is 4.45. The fourth-order valence-electron chi connectivity index (χ4n) is 2.87. The zero-order valence-corrected chi connectivity index (χ0v) is 15.1. The highest BCUT2D eigenvalue weighted by Gasteiger charge is 2.30. The summed E-state index contributed by atoms with van der Waals surface area (Å²) >= 11 is 0. The lowest BCUT2D eigenvalue weighted by Crippen LogP contribution is -2.34. The second kappa shape index (κ2) is 6.37. The van der Waals surface area contributed by atoms with Crippen molar-refractivity contribution in [1.82, 2.24) is 9.55 Å². The number of hydrogen-bond donors (Lipinski definition) is 1. The van der Waals surface area contributed by atoms with Gasteiger partial charge in [0.25, 0.3) is 0 Å². The third-order valence-electron chi connectivity index (χ3n) is 4.23. The Morgan fingerprint density at radius 3 is 3.00 bits per heavy atom. The van der Waals surface area contributed by atoms with Crippen LogP contribution in [-0.2, 0) is 4.43 Å². The van der Waals surface area contributed by atoms with Crippen molar-refractivity contribution in [3.05, 3.63) is 36.4 Å². The van der Waals surface area contributed by atoms with Gasteiger partial charge < -0.3 is 14.9 Å². The number of nitrogens with two attached hydrogens (primary N) is 1. The number of anilines is 1. The molecule has 23 heavy (non-hydrogen) atoms. The van der Waals surface area contributed by atoms with Gasteiger partial charge in [-0.05, 0) is 31.3 Å². The summed E-state index contributed by atoms with van der Waals surface area (Å²) in [6.45, 7) is 7.29. The Balaban J connectivity index is 1.78. The zero-order valence-electron chi connectivity index (χ0n) is 14.1. The van der Waals surface area contributed by atoms with E-state index in [1.165, 1.54) is 18.9 Å². The van der Waals surface area contributed by atoms with Crippen molar-refractivity contribution < 1.29 is 9.16 Å². The van der Waals surface area contributed by atoms with E-state index in [1.807, 2.05) is 24.4 Å². The Labute approximate surface area is 138 Å². The number of ether oxygens (including phenoxy) is 1. The largest absolute Gasteiger partial charge is 0.478 e. The number of nitrogens with zero attached hydrogens (tertiary/aromatic N) is 2. The van der Waals surface area contributed by atoms with Crippen molar-refractivity contribution in [1.29, 1.82) is 0 Å². The number of unbranched alkanes of at least 4 members (excludes halogenated alkanes) is 1. The van der Waals surface area contributed by atoms with Crippen LogP contribution in [0.2, 0.25) is 19.1 Å². The topological polar surface area (TPSA) is 62.3 Å². The molecule has 0 aliphatic carbocycles. The highest BCUT2D eigenvalue weighted by Crippen LogP contribution is 2.36. The van der Waals surface area contributed by atoms with Crippen LogP contribution in [0.25, 0.3) is 5.69 Å². The molecule has 5 nitrogen and oxygen atoms in total. The van der Waals surface area contributed by atoms with Crippen molar-refractivity contribution in [3.63, 3.8) is 0 Å². The molecular weight excluding hydrogens is 306 g/mol. The predicted molar refractivity (Wildman–Crippen MR) is 94.5 cm³/mol. The van der Waals surface area contributed by atoms with Gasteiger partial charge in [0.2, 0.25) is 0 Å². The van der Waals surface area contributed by atoms with E-state index in [1.54, 1.807) is 6.20 Å². The minimum Gasteiger partial charge on any atom is -0.478 e. The van der Waals surface area contributed by atoms with E-state index in [4.69, 9.17) is 14.9 Å². The molecule has 2 N–H and O–H groups in total. The molecule has 0 amide bonds. The van der Waals surface area contributed by atoms with Gasteiger partial charge >= 0.3 is 0 Å². The monoisotopic (exact) mass is 331 g/mol. The zero-order chi connectivity index (χ0) is 16.4. The molecule has 0 spiro atoms. The molecule has 1 unspecified atom stereocenters. The maximum atomic E-state index is 6.27. The number of aromatic nitrogens is 2. The molecule has 0 radical (unpaired) electrons. The van der Waals surface area contributed by atoms with Crippen LogP contribution in [0, 0.1) is 0 Å². The van der Waals surface area contributed by atoms with Crippen LogP contribution >= 0.6 is 0 Å². The number of fused-ring (bicyclic) bond motifs is 3. The van der Waals surface area contributed by atoms with Crippen molar-refractivity contribution in [2.75, 3.05) is 12.3 Å². The minimum absolute atomic E-state index is 0.187. The number of imidazole rings is 1. The van der Waals surface area contributed by atoms with Gasteiger partial charge in [-0.25, -0.2) is 4.98 Å². The molecule has 1 atom stereocenters. The summed E-state index contributed by atoms with van der Waals surface area (Å²) in [6, 6.07) is 6.88. The standard InChI is InChI=1S/C17H25N3O2Si/c1-4-5-10-23(2,3)21-12-16-17-19-8-9-20(17)14-7-6-13(18)11-15(14)22-16/h6-9,11,16H,4-5,10,12,18H2,1-3H3. The molecule has 124 valence electrons. The molecule has 0 fully saturated rings. The van der Waals surface area contributed by atoms with Crippen LogP contribution in [0.15, 0.2) is 30.6 Å². The summed E-state index contributed by atoms with van der Waals surface area (Å²) < 4.78 is 14.5. The van der Waals surface area contributed by atoms with Gasteiger partial charge in [0.1, 0.15) is 5.75 Å². The first kappa shape index (κ1) is 16.1. The van der Waals surface area contributed by atoms with Gasteiger partial charge in [0.05, 0.1) is 12.3 Å². The minimum atomic E-state index is -1.65. The highest BCUT2D eigenvalue weighted by atomic mass is 28.4. The number of hydrogen-bond acceptors (Lipinski definition) is 4. The smallest absolute Gasteiger partial charge is 0.186 e. The fraction of sp³-hybridized carbons (Fsp3) is 0.471. The Morgan fingerprint density at radius 1 is 1.39 bits per heavy atom. The van der Waals surface area contributed by atoms with E-state index in [0.29, 0.717) is 12.3 Å². The first-order chi connectivity index (χ1) is 11.0. The van der Waals surface area contributed by atoms with E-state index in [0.717, 1.165) is 17.3 Å². The van der Waals surface area contributed by atoms with Crippen molar-refractivity contribution in [2.24, 2.45) is 0 Å². The summed E-state index contributed by atoms with van der Waals surface area (Å²) in [5.41, 5.74) is 7.57. The predicted octanol–water partition coefficient (Wildman–Crippen LogP) is 3.91. The van der Waals surface area contributed by atoms with Gasteiger partial charge in [0, 0.05) is 24.1 Å². The second-order valence-electron chi connectivity index (χ2n) is 6.66. The van der Waals surface area contributed by atoms with E-state index in [-0.39, 0.29) is 6.10 Å². The van der Waals surface area contributed by atoms with Crippen LogP contribution < -0.4 is 10.5 Å². The number of benzene rings is 1. The van der Waals surface area contributed by atoms with E-state index in [9.17, 15) is 0 Å². The average Bonchev–Trinajstić information content (AvgIpc) is 3.00. The Morgan fingerprint density at radius 2 is 2.22 bits per heavy atom. The molecule has 2 aromatic rings. The van der Waals surface area contributed by atoms with Crippen LogP contribution in [0.1, 0.15) is 31.7 Å². The van der Waals surface area contributed by atoms with Gasteiger partial charge in [0.15, 0.2) is 20.2 Å². The maximum absolute atomic E-state index is 6.27. The first-order valence-electron chi connectivity index (χ1n) is 8.24. The number of nitrogen functional groups attached to an aromatic ring is 1. The van der Waals surface area contributed by atoms with Crippen LogP contribution in [-0.4, -0.2) is 24.5 Å². The van der Waals surface area contributed by atoms with Crippen LogP contribution in [0.3, 0.4) is 0 Å². The quantitative estimate of drug-likeness (QED) is 0.644. The Hall–Kier alpha value is -1.79. The van der Waals surface area contributed by atoms with Crippen LogP contribution in [0.4, 0.5) is 5.69 Å².